The van der Waals surface area contributed by atoms with Gasteiger partial charge >= 0.3 is 6.03 Å². The Labute approximate surface area is 139 Å². The standard InChI is InChI=1S/C19H30N2O2/c1-19(2,15-22)10-6-11-20-18(23)21-12-9-17(14-21)13-16-7-4-3-5-8-16/h3-5,7-8,17,22H,6,9-15H2,1-2H3,(H,20,23). The summed E-state index contributed by atoms with van der Waals surface area (Å²) in [6.45, 7) is 6.66. The molecule has 2 rings (SSSR count). The molecule has 2 N–H and O–H groups in total. The van der Waals surface area contributed by atoms with Gasteiger partial charge < -0.3 is 15.3 Å². The Bertz CT molecular complexity index is 487. The number of rotatable bonds is 7. The molecule has 4 heteroatoms. The molecule has 1 aromatic carbocycles. The molecule has 0 spiro atoms. The van der Waals surface area contributed by atoms with E-state index in [2.05, 4.69) is 29.6 Å². The van der Waals surface area contributed by atoms with Crippen LogP contribution in [-0.4, -0.2) is 42.3 Å². The number of aliphatic hydroxyl groups excluding tert-OH is 1. The van der Waals surface area contributed by atoms with Crippen LogP contribution >= 0.6 is 0 Å². The van der Waals surface area contributed by atoms with Crippen LogP contribution in [0, 0.1) is 11.3 Å². The van der Waals surface area contributed by atoms with Gasteiger partial charge in [-0.1, -0.05) is 44.2 Å². The zero-order valence-corrected chi connectivity index (χ0v) is 14.4. The summed E-state index contributed by atoms with van der Waals surface area (Å²) in [5.74, 6) is 0.566. The van der Waals surface area contributed by atoms with Crippen molar-refractivity contribution < 1.29 is 9.90 Å². The molecule has 1 aliphatic rings. The largest absolute Gasteiger partial charge is 0.396 e. The molecule has 1 fully saturated rings. The van der Waals surface area contributed by atoms with Crippen molar-refractivity contribution in [3.8, 4) is 0 Å². The maximum absolute atomic E-state index is 12.2. The van der Waals surface area contributed by atoms with Crippen LogP contribution in [-0.2, 0) is 6.42 Å². The Morgan fingerprint density at radius 2 is 2.09 bits per heavy atom. The SMILES string of the molecule is CC(C)(CO)CCCNC(=O)N1CCC(Cc2ccccc2)C1. The van der Waals surface area contributed by atoms with Gasteiger partial charge in [-0.25, -0.2) is 4.79 Å². The average Bonchev–Trinajstić information content (AvgIpc) is 3.01. The van der Waals surface area contributed by atoms with Crippen molar-refractivity contribution in [2.24, 2.45) is 11.3 Å². The minimum atomic E-state index is -0.0564. The fraction of sp³-hybridized carbons (Fsp3) is 0.632. The Hall–Kier alpha value is -1.55. The van der Waals surface area contributed by atoms with Gasteiger partial charge in [0.15, 0.2) is 0 Å². The van der Waals surface area contributed by atoms with Crippen LogP contribution in [0.2, 0.25) is 0 Å². The Morgan fingerprint density at radius 1 is 1.35 bits per heavy atom. The van der Waals surface area contributed by atoms with Gasteiger partial charge in [0.25, 0.3) is 0 Å². The lowest BCUT2D eigenvalue weighted by Gasteiger charge is -2.22. The first-order chi connectivity index (χ1) is 11.0. The molecular formula is C19H30N2O2. The van der Waals surface area contributed by atoms with Crippen LogP contribution < -0.4 is 5.32 Å². The van der Waals surface area contributed by atoms with Crippen LogP contribution in [0.4, 0.5) is 4.79 Å². The molecule has 1 atom stereocenters. The van der Waals surface area contributed by atoms with E-state index in [-0.39, 0.29) is 18.1 Å². The number of hydrogen-bond donors (Lipinski definition) is 2. The molecule has 0 radical (unpaired) electrons. The predicted molar refractivity (Wildman–Crippen MR) is 93.3 cm³/mol. The number of urea groups is 1. The van der Waals surface area contributed by atoms with E-state index in [4.69, 9.17) is 0 Å². The van der Waals surface area contributed by atoms with E-state index < -0.39 is 0 Å². The van der Waals surface area contributed by atoms with E-state index in [1.54, 1.807) is 0 Å². The molecular weight excluding hydrogens is 288 g/mol. The lowest BCUT2D eigenvalue weighted by molar-refractivity contribution is 0.147. The fourth-order valence-corrected chi connectivity index (χ4v) is 3.08. The lowest BCUT2D eigenvalue weighted by atomic mass is 9.89. The molecule has 2 amide bonds. The molecule has 1 unspecified atom stereocenters. The van der Waals surface area contributed by atoms with E-state index in [9.17, 15) is 9.90 Å². The van der Waals surface area contributed by atoms with Crippen molar-refractivity contribution in [1.29, 1.82) is 0 Å². The molecule has 0 aromatic heterocycles. The Kier molecular flexibility index (Phi) is 6.46. The predicted octanol–water partition coefficient (Wildman–Crippen LogP) is 3.06. The van der Waals surface area contributed by atoms with Crippen molar-refractivity contribution in [2.75, 3.05) is 26.2 Å². The van der Waals surface area contributed by atoms with Crippen LogP contribution in [0.25, 0.3) is 0 Å². The van der Waals surface area contributed by atoms with E-state index in [0.717, 1.165) is 38.8 Å². The quantitative estimate of drug-likeness (QED) is 0.759. The Morgan fingerprint density at radius 3 is 2.78 bits per heavy atom. The van der Waals surface area contributed by atoms with Crippen LogP contribution in [0.3, 0.4) is 0 Å². The maximum Gasteiger partial charge on any atom is 0.317 e. The number of benzene rings is 1. The molecule has 0 saturated carbocycles. The second kappa shape index (κ2) is 8.34. The normalized spacial score (nSPS) is 18.2. The smallest absolute Gasteiger partial charge is 0.317 e. The molecule has 0 bridgehead atoms. The first-order valence-corrected chi connectivity index (χ1v) is 8.68. The number of nitrogens with one attached hydrogen (secondary N) is 1. The first kappa shape index (κ1) is 17.8. The van der Waals surface area contributed by atoms with Crippen LogP contribution in [0.15, 0.2) is 30.3 Å². The fourth-order valence-electron chi connectivity index (χ4n) is 3.08. The third-order valence-corrected chi connectivity index (χ3v) is 4.67. The van der Waals surface area contributed by atoms with Crippen molar-refractivity contribution >= 4 is 6.03 Å². The highest BCUT2D eigenvalue weighted by Crippen LogP contribution is 2.22. The molecule has 1 aromatic rings. The maximum atomic E-state index is 12.2. The monoisotopic (exact) mass is 318 g/mol. The minimum Gasteiger partial charge on any atom is -0.396 e. The summed E-state index contributed by atoms with van der Waals surface area (Å²) in [4.78, 5) is 14.1. The number of hydrogen-bond acceptors (Lipinski definition) is 2. The van der Waals surface area contributed by atoms with Gasteiger partial charge in [-0.05, 0) is 42.6 Å². The number of likely N-dealkylation sites (tertiary alicyclic amines) is 1. The van der Waals surface area contributed by atoms with Gasteiger partial charge in [0.1, 0.15) is 0 Å². The molecule has 0 aliphatic carbocycles. The molecule has 1 aliphatic heterocycles. The zero-order valence-electron chi connectivity index (χ0n) is 14.4. The summed E-state index contributed by atoms with van der Waals surface area (Å²) in [5.41, 5.74) is 1.30. The number of carbonyl (C=O) groups excluding carboxylic acids is 1. The van der Waals surface area contributed by atoms with Gasteiger partial charge in [0, 0.05) is 26.2 Å². The van der Waals surface area contributed by atoms with Gasteiger partial charge in [-0.2, -0.15) is 0 Å². The molecule has 1 saturated heterocycles. The van der Waals surface area contributed by atoms with Crippen molar-refractivity contribution in [3.63, 3.8) is 0 Å². The van der Waals surface area contributed by atoms with Gasteiger partial charge in [-0.15, -0.1) is 0 Å². The third-order valence-electron chi connectivity index (χ3n) is 4.67. The average molecular weight is 318 g/mol. The highest BCUT2D eigenvalue weighted by Gasteiger charge is 2.26. The molecule has 4 nitrogen and oxygen atoms in total. The van der Waals surface area contributed by atoms with Crippen molar-refractivity contribution in [1.82, 2.24) is 10.2 Å². The van der Waals surface area contributed by atoms with E-state index in [1.807, 2.05) is 24.8 Å². The number of nitrogens with zero attached hydrogens (tertiary/aromatic N) is 1. The second-order valence-corrected chi connectivity index (χ2v) is 7.45. The summed E-state index contributed by atoms with van der Waals surface area (Å²) >= 11 is 0. The molecule has 1 heterocycles. The topological polar surface area (TPSA) is 52.6 Å². The Balaban J connectivity index is 1.67. The second-order valence-electron chi connectivity index (χ2n) is 7.45. The van der Waals surface area contributed by atoms with Crippen molar-refractivity contribution in [3.05, 3.63) is 35.9 Å². The van der Waals surface area contributed by atoms with Gasteiger partial charge in [0.2, 0.25) is 0 Å². The minimum absolute atomic E-state index is 0.0564. The first-order valence-electron chi connectivity index (χ1n) is 8.68. The highest BCUT2D eigenvalue weighted by atomic mass is 16.3. The summed E-state index contributed by atoms with van der Waals surface area (Å²) in [7, 11) is 0. The summed E-state index contributed by atoms with van der Waals surface area (Å²) in [6.07, 6.45) is 3.95. The van der Waals surface area contributed by atoms with Crippen LogP contribution in [0.1, 0.15) is 38.7 Å². The lowest BCUT2D eigenvalue weighted by Crippen LogP contribution is -2.39. The van der Waals surface area contributed by atoms with Gasteiger partial charge in [-0.3, -0.25) is 0 Å². The van der Waals surface area contributed by atoms with Gasteiger partial charge in [0.05, 0.1) is 0 Å². The van der Waals surface area contributed by atoms with Crippen molar-refractivity contribution in [2.45, 2.75) is 39.5 Å². The zero-order chi connectivity index (χ0) is 16.7. The molecule has 128 valence electrons. The molecule has 23 heavy (non-hydrogen) atoms. The summed E-state index contributed by atoms with van der Waals surface area (Å²) in [5, 5.41) is 12.2. The number of amides is 2. The number of aliphatic hydroxyl groups is 1. The third kappa shape index (κ3) is 5.87. The number of carbonyl (C=O) groups is 1. The highest BCUT2D eigenvalue weighted by molar-refractivity contribution is 5.74. The van der Waals surface area contributed by atoms with E-state index in [1.165, 1.54) is 5.56 Å². The van der Waals surface area contributed by atoms with E-state index >= 15 is 0 Å². The van der Waals surface area contributed by atoms with E-state index in [0.29, 0.717) is 12.5 Å². The summed E-state index contributed by atoms with van der Waals surface area (Å²) in [6, 6.07) is 10.6. The van der Waals surface area contributed by atoms with Crippen LogP contribution in [0.5, 0.6) is 0 Å². The summed E-state index contributed by atoms with van der Waals surface area (Å²) < 4.78 is 0.